The Kier molecular flexibility index (Phi) is 2.74. The number of piperidine rings is 1. The maximum absolute atomic E-state index is 5.85. The molecule has 0 bridgehead atoms. The highest BCUT2D eigenvalue weighted by Gasteiger charge is 2.49. The lowest BCUT2D eigenvalue weighted by atomic mass is 9.86. The Morgan fingerprint density at radius 1 is 1.53 bits per heavy atom. The molecule has 0 unspecified atom stereocenters. The van der Waals surface area contributed by atoms with Gasteiger partial charge in [0.2, 0.25) is 5.88 Å². The molecule has 92 valence electrons. The zero-order valence-electron chi connectivity index (χ0n) is 9.81. The minimum Gasteiger partial charge on any atom is -0.481 e. The van der Waals surface area contributed by atoms with Crippen LogP contribution in [-0.2, 0) is 15.1 Å². The smallest absolute Gasteiger partial charge is 0.213 e. The van der Waals surface area contributed by atoms with Gasteiger partial charge in [0, 0.05) is 12.6 Å². The number of hydrogen-bond donors (Lipinski definition) is 1. The van der Waals surface area contributed by atoms with Gasteiger partial charge in [0.1, 0.15) is 18.5 Å². The lowest BCUT2D eigenvalue weighted by Crippen LogP contribution is -2.50. The highest BCUT2D eigenvalue weighted by atomic mass is 16.7. The van der Waals surface area contributed by atoms with Crippen molar-refractivity contribution in [2.75, 3.05) is 27.0 Å². The number of fused-ring (bicyclic) bond motifs is 1. The van der Waals surface area contributed by atoms with E-state index in [0.717, 1.165) is 25.2 Å². The lowest BCUT2D eigenvalue weighted by molar-refractivity contribution is -0.0302. The van der Waals surface area contributed by atoms with Gasteiger partial charge in [-0.25, -0.2) is 4.98 Å². The average Bonchev–Trinajstić information content (AvgIpc) is 2.84. The largest absolute Gasteiger partial charge is 0.481 e. The molecule has 0 amide bonds. The molecule has 1 N–H and O–H groups in total. The van der Waals surface area contributed by atoms with Crippen molar-refractivity contribution in [1.29, 1.82) is 0 Å². The van der Waals surface area contributed by atoms with E-state index in [1.165, 1.54) is 0 Å². The normalized spacial score (nSPS) is 32.2. The van der Waals surface area contributed by atoms with Crippen LogP contribution < -0.4 is 10.1 Å². The van der Waals surface area contributed by atoms with Gasteiger partial charge in [-0.2, -0.15) is 0 Å². The summed E-state index contributed by atoms with van der Waals surface area (Å²) in [5.41, 5.74) is 0.501. The Labute approximate surface area is 100 Å². The van der Waals surface area contributed by atoms with Crippen molar-refractivity contribution < 1.29 is 14.2 Å². The number of ether oxygens (including phenoxy) is 3. The third-order valence-electron chi connectivity index (χ3n) is 3.47. The summed E-state index contributed by atoms with van der Waals surface area (Å²) in [6, 6.07) is 5.76. The van der Waals surface area contributed by atoms with Crippen LogP contribution in [0.5, 0.6) is 5.88 Å². The maximum atomic E-state index is 5.85. The Bertz CT molecular complexity index is 412. The number of aromatic nitrogens is 1. The summed E-state index contributed by atoms with van der Waals surface area (Å²) >= 11 is 0. The SMILES string of the molecule is COc1cccc([C@]23CCNC[C@H]2OCO3)n1. The molecular formula is C12H16N2O3. The summed E-state index contributed by atoms with van der Waals surface area (Å²) in [5.74, 6) is 0.615. The van der Waals surface area contributed by atoms with Crippen molar-refractivity contribution in [3.63, 3.8) is 0 Å². The maximum Gasteiger partial charge on any atom is 0.213 e. The van der Waals surface area contributed by atoms with Crippen molar-refractivity contribution in [2.45, 2.75) is 18.1 Å². The first-order valence-corrected chi connectivity index (χ1v) is 5.83. The van der Waals surface area contributed by atoms with Gasteiger partial charge in [0.25, 0.3) is 0 Å². The van der Waals surface area contributed by atoms with Crippen LogP contribution in [0.2, 0.25) is 0 Å². The van der Waals surface area contributed by atoms with Crippen LogP contribution in [0.25, 0.3) is 0 Å². The summed E-state index contributed by atoms with van der Waals surface area (Å²) in [6.07, 6.45) is 0.911. The number of rotatable bonds is 2. The van der Waals surface area contributed by atoms with Crippen LogP contribution in [0.3, 0.4) is 0 Å². The van der Waals surface area contributed by atoms with Gasteiger partial charge in [-0.15, -0.1) is 0 Å². The van der Waals surface area contributed by atoms with Crippen LogP contribution in [0.15, 0.2) is 18.2 Å². The fraction of sp³-hybridized carbons (Fsp3) is 0.583. The van der Waals surface area contributed by atoms with Crippen LogP contribution in [0.4, 0.5) is 0 Å². The zero-order valence-corrected chi connectivity index (χ0v) is 9.81. The summed E-state index contributed by atoms with van der Waals surface area (Å²) < 4.78 is 16.6. The van der Waals surface area contributed by atoms with E-state index in [9.17, 15) is 0 Å². The summed E-state index contributed by atoms with van der Waals surface area (Å²) in [4.78, 5) is 4.49. The van der Waals surface area contributed by atoms with Crippen molar-refractivity contribution in [3.8, 4) is 5.88 Å². The van der Waals surface area contributed by atoms with Gasteiger partial charge in [-0.1, -0.05) is 6.07 Å². The second kappa shape index (κ2) is 4.25. The second-order valence-corrected chi connectivity index (χ2v) is 4.33. The number of hydrogen-bond acceptors (Lipinski definition) is 5. The van der Waals surface area contributed by atoms with E-state index >= 15 is 0 Å². The first kappa shape index (κ1) is 11.0. The van der Waals surface area contributed by atoms with E-state index in [1.54, 1.807) is 7.11 Å². The van der Waals surface area contributed by atoms with Crippen molar-refractivity contribution in [2.24, 2.45) is 0 Å². The lowest BCUT2D eigenvalue weighted by Gasteiger charge is -2.36. The number of methoxy groups -OCH3 is 1. The Morgan fingerprint density at radius 2 is 2.47 bits per heavy atom. The van der Waals surface area contributed by atoms with E-state index in [4.69, 9.17) is 14.2 Å². The monoisotopic (exact) mass is 236 g/mol. The number of nitrogens with zero attached hydrogens (tertiary/aromatic N) is 1. The zero-order chi connectivity index (χ0) is 11.7. The van der Waals surface area contributed by atoms with Gasteiger partial charge in [0.15, 0.2) is 0 Å². The molecule has 2 saturated heterocycles. The van der Waals surface area contributed by atoms with Gasteiger partial charge in [-0.3, -0.25) is 0 Å². The van der Waals surface area contributed by atoms with Crippen LogP contribution in [0.1, 0.15) is 12.1 Å². The van der Waals surface area contributed by atoms with Crippen molar-refractivity contribution in [1.82, 2.24) is 10.3 Å². The second-order valence-electron chi connectivity index (χ2n) is 4.33. The molecule has 2 fully saturated rings. The van der Waals surface area contributed by atoms with E-state index < -0.39 is 5.60 Å². The Balaban J connectivity index is 1.99. The first-order chi connectivity index (χ1) is 8.35. The molecule has 5 heteroatoms. The molecule has 0 saturated carbocycles. The number of nitrogens with one attached hydrogen (secondary N) is 1. The molecule has 0 spiro atoms. The average molecular weight is 236 g/mol. The summed E-state index contributed by atoms with van der Waals surface area (Å²) in [7, 11) is 1.62. The molecule has 0 aromatic carbocycles. The van der Waals surface area contributed by atoms with Crippen molar-refractivity contribution in [3.05, 3.63) is 23.9 Å². The Hall–Kier alpha value is -1.17. The molecule has 1 aromatic heterocycles. The molecule has 3 rings (SSSR count). The van der Waals surface area contributed by atoms with Gasteiger partial charge in [-0.05, 0) is 19.0 Å². The van der Waals surface area contributed by atoms with E-state index in [1.807, 2.05) is 18.2 Å². The summed E-state index contributed by atoms with van der Waals surface area (Å²) in [6.45, 7) is 2.06. The van der Waals surface area contributed by atoms with Crippen LogP contribution >= 0.6 is 0 Å². The summed E-state index contributed by atoms with van der Waals surface area (Å²) in [5, 5.41) is 3.32. The van der Waals surface area contributed by atoms with Crippen LogP contribution in [0, 0.1) is 0 Å². The standard InChI is InChI=1S/C12H16N2O3/c1-15-11-4-2-3-9(14-11)12-5-6-13-7-10(12)16-8-17-12/h2-4,10,13H,5-8H2,1H3/t10-,12-/m1/s1. The minimum atomic E-state index is -0.403. The van der Waals surface area contributed by atoms with E-state index in [-0.39, 0.29) is 6.10 Å². The predicted octanol–water partition coefficient (Wildman–Crippen LogP) is 0.652. The Morgan fingerprint density at radius 3 is 3.35 bits per heavy atom. The molecule has 3 heterocycles. The molecule has 2 atom stereocenters. The third kappa shape index (κ3) is 1.71. The van der Waals surface area contributed by atoms with E-state index in [2.05, 4.69) is 10.3 Å². The van der Waals surface area contributed by atoms with Crippen molar-refractivity contribution >= 4 is 0 Å². The molecule has 5 nitrogen and oxygen atoms in total. The van der Waals surface area contributed by atoms with Gasteiger partial charge >= 0.3 is 0 Å². The molecule has 0 radical (unpaired) electrons. The fourth-order valence-electron chi connectivity index (χ4n) is 2.54. The third-order valence-corrected chi connectivity index (χ3v) is 3.47. The topological polar surface area (TPSA) is 52.6 Å². The fourth-order valence-corrected chi connectivity index (χ4v) is 2.54. The molecule has 17 heavy (non-hydrogen) atoms. The van der Waals surface area contributed by atoms with Crippen LogP contribution in [-0.4, -0.2) is 38.1 Å². The molecule has 1 aromatic rings. The number of pyridine rings is 1. The highest BCUT2D eigenvalue weighted by molar-refractivity contribution is 5.24. The minimum absolute atomic E-state index is 0.0378. The van der Waals surface area contributed by atoms with E-state index in [0.29, 0.717) is 12.7 Å². The predicted molar refractivity (Wildman–Crippen MR) is 60.8 cm³/mol. The molecular weight excluding hydrogens is 220 g/mol. The van der Waals surface area contributed by atoms with Gasteiger partial charge < -0.3 is 19.5 Å². The molecule has 0 aliphatic carbocycles. The quantitative estimate of drug-likeness (QED) is 0.817. The molecule has 2 aliphatic rings. The van der Waals surface area contributed by atoms with Gasteiger partial charge in [0.05, 0.1) is 12.8 Å². The molecule has 2 aliphatic heterocycles. The first-order valence-electron chi connectivity index (χ1n) is 5.83. The highest BCUT2D eigenvalue weighted by Crippen LogP contribution is 2.40.